The number of nitrogens with one attached hydrogen (secondary N) is 1. The van der Waals surface area contributed by atoms with Crippen LogP contribution in [0, 0.1) is 0 Å². The Morgan fingerprint density at radius 2 is 2.20 bits per heavy atom. The van der Waals surface area contributed by atoms with Crippen molar-refractivity contribution in [3.8, 4) is 0 Å². The van der Waals surface area contributed by atoms with Crippen molar-refractivity contribution in [2.75, 3.05) is 5.75 Å². The molecular weight excluding hydrogens is 222 g/mol. The number of imide groups is 1. The van der Waals surface area contributed by atoms with Crippen molar-refractivity contribution in [1.29, 1.82) is 0 Å². The molecule has 1 heterocycles. The zero-order valence-corrected chi connectivity index (χ0v) is 8.41. The lowest BCUT2D eigenvalue weighted by Gasteiger charge is -1.96. The SMILES string of the molecule is NCc1nnc(SCC(=O)NC(N)=O)o1. The average Bonchev–Trinajstić information content (AvgIpc) is 2.61. The van der Waals surface area contributed by atoms with Gasteiger partial charge in [0.05, 0.1) is 12.3 Å². The Morgan fingerprint density at radius 1 is 1.47 bits per heavy atom. The number of thioether (sulfide) groups is 1. The third-order valence-corrected chi connectivity index (χ3v) is 2.03. The lowest BCUT2D eigenvalue weighted by molar-refractivity contribution is -0.117. The molecule has 1 aromatic rings. The first-order chi connectivity index (χ1) is 7.11. The van der Waals surface area contributed by atoms with Crippen molar-refractivity contribution >= 4 is 23.7 Å². The predicted molar refractivity (Wildman–Crippen MR) is 50.6 cm³/mol. The van der Waals surface area contributed by atoms with E-state index in [1.807, 2.05) is 5.32 Å². The minimum atomic E-state index is -0.895. The molecule has 0 unspecified atom stereocenters. The quantitative estimate of drug-likeness (QED) is 0.554. The molecule has 15 heavy (non-hydrogen) atoms. The predicted octanol–water partition coefficient (Wildman–Crippen LogP) is -1.18. The normalized spacial score (nSPS) is 9.93. The van der Waals surface area contributed by atoms with Crippen molar-refractivity contribution in [2.24, 2.45) is 11.5 Å². The summed E-state index contributed by atoms with van der Waals surface area (Å²) < 4.78 is 5.01. The number of amides is 3. The molecule has 0 bridgehead atoms. The van der Waals surface area contributed by atoms with Gasteiger partial charge in [-0.05, 0) is 0 Å². The molecule has 0 aliphatic heterocycles. The van der Waals surface area contributed by atoms with Crippen LogP contribution in [0.5, 0.6) is 0 Å². The molecule has 0 saturated heterocycles. The van der Waals surface area contributed by atoms with E-state index in [0.29, 0.717) is 0 Å². The highest BCUT2D eigenvalue weighted by Crippen LogP contribution is 2.14. The van der Waals surface area contributed by atoms with Crippen LogP contribution in [-0.4, -0.2) is 27.9 Å². The number of nitrogens with zero attached hydrogens (tertiary/aromatic N) is 2. The molecule has 0 spiro atoms. The van der Waals surface area contributed by atoms with Crippen molar-refractivity contribution in [1.82, 2.24) is 15.5 Å². The molecule has 82 valence electrons. The third-order valence-electron chi connectivity index (χ3n) is 1.21. The van der Waals surface area contributed by atoms with Crippen molar-refractivity contribution in [3.05, 3.63) is 5.89 Å². The summed E-state index contributed by atoms with van der Waals surface area (Å²) in [5.74, 6) is -0.275. The molecule has 0 aliphatic carbocycles. The topological polar surface area (TPSA) is 137 Å². The van der Waals surface area contributed by atoms with E-state index in [1.54, 1.807) is 0 Å². The van der Waals surface area contributed by atoms with Gasteiger partial charge in [0.15, 0.2) is 0 Å². The number of carbonyl (C=O) groups excluding carboxylic acids is 2. The molecule has 0 atom stereocenters. The first kappa shape index (κ1) is 11.5. The summed E-state index contributed by atoms with van der Waals surface area (Å²) in [6, 6.07) is -0.895. The van der Waals surface area contributed by atoms with Crippen LogP contribution in [0.15, 0.2) is 9.64 Å². The van der Waals surface area contributed by atoms with Crippen LogP contribution < -0.4 is 16.8 Å². The Morgan fingerprint density at radius 3 is 2.73 bits per heavy atom. The summed E-state index contributed by atoms with van der Waals surface area (Å²) in [6.07, 6.45) is 0. The summed E-state index contributed by atoms with van der Waals surface area (Å²) in [5, 5.41) is 9.31. The second-order valence-corrected chi connectivity index (χ2v) is 3.29. The van der Waals surface area contributed by atoms with Crippen LogP contribution in [0.25, 0.3) is 0 Å². The molecule has 8 nitrogen and oxygen atoms in total. The van der Waals surface area contributed by atoms with Crippen LogP contribution >= 0.6 is 11.8 Å². The number of primary amides is 1. The minimum Gasteiger partial charge on any atom is -0.415 e. The second kappa shape index (κ2) is 5.32. The zero-order chi connectivity index (χ0) is 11.3. The summed E-state index contributed by atoms with van der Waals surface area (Å²) in [5.41, 5.74) is 9.98. The number of urea groups is 1. The highest BCUT2D eigenvalue weighted by molar-refractivity contribution is 7.99. The maximum Gasteiger partial charge on any atom is 0.318 e. The molecule has 1 aromatic heterocycles. The van der Waals surface area contributed by atoms with Gasteiger partial charge in [-0.3, -0.25) is 10.1 Å². The van der Waals surface area contributed by atoms with Gasteiger partial charge in [-0.2, -0.15) is 0 Å². The van der Waals surface area contributed by atoms with Gasteiger partial charge >= 0.3 is 6.03 Å². The molecule has 0 fully saturated rings. The Balaban J connectivity index is 2.36. The second-order valence-electron chi connectivity index (χ2n) is 2.37. The van der Waals surface area contributed by atoms with Gasteiger partial charge in [0, 0.05) is 0 Å². The number of hydrogen-bond donors (Lipinski definition) is 3. The monoisotopic (exact) mass is 231 g/mol. The summed E-state index contributed by atoms with van der Waals surface area (Å²) in [6.45, 7) is 0.140. The molecule has 5 N–H and O–H groups in total. The van der Waals surface area contributed by atoms with Gasteiger partial charge in [0.1, 0.15) is 0 Å². The van der Waals surface area contributed by atoms with Gasteiger partial charge in [-0.15, -0.1) is 10.2 Å². The highest BCUT2D eigenvalue weighted by Gasteiger charge is 2.09. The maximum atomic E-state index is 11.0. The van der Waals surface area contributed by atoms with Crippen LogP contribution in [0.4, 0.5) is 4.79 Å². The van der Waals surface area contributed by atoms with Gasteiger partial charge < -0.3 is 15.9 Å². The maximum absolute atomic E-state index is 11.0. The first-order valence-corrected chi connectivity index (χ1v) is 4.85. The first-order valence-electron chi connectivity index (χ1n) is 3.86. The Labute approximate surface area is 88.8 Å². The van der Waals surface area contributed by atoms with E-state index in [2.05, 4.69) is 10.2 Å². The van der Waals surface area contributed by atoms with Gasteiger partial charge in [-0.1, -0.05) is 11.8 Å². The van der Waals surface area contributed by atoms with E-state index < -0.39 is 11.9 Å². The van der Waals surface area contributed by atoms with Gasteiger partial charge in [-0.25, -0.2) is 4.79 Å². The molecule has 0 saturated carbocycles. The van der Waals surface area contributed by atoms with E-state index in [-0.39, 0.29) is 23.4 Å². The zero-order valence-electron chi connectivity index (χ0n) is 7.60. The molecule has 3 amide bonds. The van der Waals surface area contributed by atoms with E-state index in [9.17, 15) is 9.59 Å². The number of rotatable bonds is 4. The van der Waals surface area contributed by atoms with Crippen LogP contribution in [0.1, 0.15) is 5.89 Å². The Kier molecular flexibility index (Phi) is 4.06. The molecular formula is C6H9N5O3S. The summed E-state index contributed by atoms with van der Waals surface area (Å²) >= 11 is 0.991. The van der Waals surface area contributed by atoms with Crippen molar-refractivity contribution in [2.45, 2.75) is 11.8 Å². The van der Waals surface area contributed by atoms with Crippen molar-refractivity contribution < 1.29 is 14.0 Å². The average molecular weight is 231 g/mol. The molecule has 1 rings (SSSR count). The smallest absolute Gasteiger partial charge is 0.318 e. The van der Waals surface area contributed by atoms with E-state index in [0.717, 1.165) is 11.8 Å². The third kappa shape index (κ3) is 3.95. The molecule has 0 radical (unpaired) electrons. The van der Waals surface area contributed by atoms with E-state index in [4.69, 9.17) is 15.9 Å². The molecule has 0 aliphatic rings. The lowest BCUT2D eigenvalue weighted by Crippen LogP contribution is -2.36. The van der Waals surface area contributed by atoms with E-state index >= 15 is 0 Å². The van der Waals surface area contributed by atoms with Crippen molar-refractivity contribution in [3.63, 3.8) is 0 Å². The number of nitrogens with two attached hydrogens (primary N) is 2. The molecule has 0 aromatic carbocycles. The van der Waals surface area contributed by atoms with Gasteiger partial charge in [0.25, 0.3) is 5.22 Å². The van der Waals surface area contributed by atoms with Gasteiger partial charge in [0.2, 0.25) is 11.8 Å². The van der Waals surface area contributed by atoms with E-state index in [1.165, 1.54) is 0 Å². The van der Waals surface area contributed by atoms with Crippen LogP contribution in [-0.2, 0) is 11.3 Å². The molecule has 9 heteroatoms. The number of aromatic nitrogens is 2. The fourth-order valence-electron chi connectivity index (χ4n) is 0.680. The minimum absolute atomic E-state index is 0.0326. The number of carbonyl (C=O) groups is 2. The highest BCUT2D eigenvalue weighted by atomic mass is 32.2. The summed E-state index contributed by atoms with van der Waals surface area (Å²) in [4.78, 5) is 21.2. The Hall–Kier alpha value is -1.61. The summed E-state index contributed by atoms with van der Waals surface area (Å²) in [7, 11) is 0. The fourth-order valence-corrected chi connectivity index (χ4v) is 1.26. The van der Waals surface area contributed by atoms with Crippen LogP contribution in [0.3, 0.4) is 0 Å². The Bertz CT molecular complexity index is 365. The fraction of sp³-hybridized carbons (Fsp3) is 0.333. The largest absolute Gasteiger partial charge is 0.415 e. The standard InChI is InChI=1S/C6H9N5O3S/c7-1-4-10-11-6(14-4)15-2-3(12)9-5(8)13/h1-2,7H2,(H3,8,9,12,13). The van der Waals surface area contributed by atoms with Crippen LogP contribution in [0.2, 0.25) is 0 Å². The number of hydrogen-bond acceptors (Lipinski definition) is 7. The lowest BCUT2D eigenvalue weighted by atomic mass is 10.7.